The van der Waals surface area contributed by atoms with Crippen LogP contribution in [0.4, 0.5) is 0 Å². The average Bonchev–Trinajstić information content (AvgIpc) is 2.85. The Balaban J connectivity index is 1.96. The van der Waals surface area contributed by atoms with E-state index in [2.05, 4.69) is 10.3 Å². The molecule has 0 unspecified atom stereocenters. The molecule has 1 saturated heterocycles. The van der Waals surface area contributed by atoms with Crippen molar-refractivity contribution in [3.63, 3.8) is 0 Å². The lowest BCUT2D eigenvalue weighted by atomic mass is 10.0. The number of hydrogen-bond donors (Lipinski definition) is 2. The summed E-state index contributed by atoms with van der Waals surface area (Å²) in [6.45, 7) is 0.692. The number of allylic oxidation sites excluding steroid dienone is 1. The molecule has 0 saturated carbocycles. The van der Waals surface area contributed by atoms with Gasteiger partial charge in [0.05, 0.1) is 0 Å². The van der Waals surface area contributed by atoms with Gasteiger partial charge in [0.15, 0.2) is 5.78 Å². The van der Waals surface area contributed by atoms with E-state index < -0.39 is 0 Å². The summed E-state index contributed by atoms with van der Waals surface area (Å²) in [6.07, 6.45) is 4.72. The van der Waals surface area contributed by atoms with Crippen LogP contribution in [0.5, 0.6) is 0 Å². The summed E-state index contributed by atoms with van der Waals surface area (Å²) in [5.41, 5.74) is 2.11. The molecule has 19 heavy (non-hydrogen) atoms. The number of hydrogen-bond acceptors (Lipinski definition) is 2. The number of para-hydroxylation sites is 1. The highest BCUT2D eigenvalue weighted by Crippen LogP contribution is 2.20. The van der Waals surface area contributed by atoms with Gasteiger partial charge in [-0.05, 0) is 25.0 Å². The molecule has 1 aliphatic heterocycles. The third-order valence-electron chi connectivity index (χ3n) is 3.36. The topological polar surface area (TPSA) is 62.0 Å². The summed E-state index contributed by atoms with van der Waals surface area (Å²) in [7, 11) is 0. The van der Waals surface area contributed by atoms with E-state index in [0.29, 0.717) is 24.1 Å². The van der Waals surface area contributed by atoms with Gasteiger partial charge < -0.3 is 10.3 Å². The first-order valence-corrected chi connectivity index (χ1v) is 6.35. The predicted molar refractivity (Wildman–Crippen MR) is 73.0 cm³/mol. The SMILES string of the molecule is O=C1NCCCC1=CC(=O)c1c[nH]c2ccccc12. The summed E-state index contributed by atoms with van der Waals surface area (Å²) in [4.78, 5) is 26.9. The van der Waals surface area contributed by atoms with Gasteiger partial charge in [-0.25, -0.2) is 0 Å². The van der Waals surface area contributed by atoms with Crippen LogP contribution in [0.1, 0.15) is 23.2 Å². The molecule has 2 N–H and O–H groups in total. The number of benzene rings is 1. The van der Waals surface area contributed by atoms with Gasteiger partial charge in [0.1, 0.15) is 0 Å². The molecular weight excluding hydrogens is 240 g/mol. The molecule has 0 aliphatic carbocycles. The molecule has 0 radical (unpaired) electrons. The Labute approximate surface area is 110 Å². The molecule has 2 aromatic rings. The number of H-pyrrole nitrogens is 1. The fourth-order valence-corrected chi connectivity index (χ4v) is 2.36. The smallest absolute Gasteiger partial charge is 0.247 e. The van der Waals surface area contributed by atoms with E-state index in [0.717, 1.165) is 17.3 Å². The van der Waals surface area contributed by atoms with E-state index in [1.54, 1.807) is 6.20 Å². The highest BCUT2D eigenvalue weighted by Gasteiger charge is 2.17. The van der Waals surface area contributed by atoms with Gasteiger partial charge >= 0.3 is 0 Å². The number of piperidine rings is 1. The van der Waals surface area contributed by atoms with Crippen LogP contribution in [-0.4, -0.2) is 23.2 Å². The quantitative estimate of drug-likeness (QED) is 0.637. The zero-order chi connectivity index (χ0) is 13.2. The van der Waals surface area contributed by atoms with E-state index in [1.165, 1.54) is 6.08 Å². The molecular formula is C15H14N2O2. The second-order valence-corrected chi connectivity index (χ2v) is 4.64. The summed E-state index contributed by atoms with van der Waals surface area (Å²) >= 11 is 0. The number of ketones is 1. The number of carbonyl (C=O) groups excluding carboxylic acids is 2. The number of nitrogens with one attached hydrogen (secondary N) is 2. The van der Waals surface area contributed by atoms with Crippen LogP contribution in [0.2, 0.25) is 0 Å². The molecule has 96 valence electrons. The zero-order valence-corrected chi connectivity index (χ0v) is 10.4. The van der Waals surface area contributed by atoms with Crippen molar-refractivity contribution in [2.24, 2.45) is 0 Å². The number of aromatic nitrogens is 1. The predicted octanol–water partition coefficient (Wildman–Crippen LogP) is 2.19. The van der Waals surface area contributed by atoms with Crippen LogP contribution >= 0.6 is 0 Å². The molecule has 2 heterocycles. The van der Waals surface area contributed by atoms with Crippen molar-refractivity contribution in [2.75, 3.05) is 6.54 Å². The van der Waals surface area contributed by atoms with Crippen molar-refractivity contribution < 1.29 is 9.59 Å². The number of amides is 1. The normalized spacial score (nSPS) is 17.7. The fraction of sp³-hybridized carbons (Fsp3) is 0.200. The van der Waals surface area contributed by atoms with Gasteiger partial charge in [0.25, 0.3) is 0 Å². The van der Waals surface area contributed by atoms with E-state index in [9.17, 15) is 9.59 Å². The third kappa shape index (κ3) is 2.17. The maximum atomic E-state index is 12.3. The number of fused-ring (bicyclic) bond motifs is 1. The molecule has 3 rings (SSSR count). The van der Waals surface area contributed by atoms with E-state index in [4.69, 9.17) is 0 Å². The summed E-state index contributed by atoms with van der Waals surface area (Å²) < 4.78 is 0. The lowest BCUT2D eigenvalue weighted by Crippen LogP contribution is -2.31. The molecule has 1 aliphatic rings. The van der Waals surface area contributed by atoms with Crippen LogP contribution in [0.3, 0.4) is 0 Å². The Morgan fingerprint density at radius 2 is 2.11 bits per heavy atom. The van der Waals surface area contributed by atoms with Gasteiger partial charge in [0.2, 0.25) is 5.91 Å². The maximum absolute atomic E-state index is 12.3. The molecule has 4 nitrogen and oxygen atoms in total. The standard InChI is InChI=1S/C15H14N2O2/c18-14(8-10-4-3-7-16-15(10)19)12-9-17-13-6-2-1-5-11(12)13/h1-2,5-6,8-9,17H,3-4,7H2,(H,16,19). The molecule has 1 aromatic heterocycles. The highest BCUT2D eigenvalue weighted by molar-refractivity contribution is 6.15. The molecule has 0 bridgehead atoms. The Hall–Kier alpha value is -2.36. The fourth-order valence-electron chi connectivity index (χ4n) is 2.36. The van der Waals surface area contributed by atoms with Crippen LogP contribution < -0.4 is 5.32 Å². The van der Waals surface area contributed by atoms with Crippen molar-refractivity contribution in [3.8, 4) is 0 Å². The van der Waals surface area contributed by atoms with Gasteiger partial charge in [-0.3, -0.25) is 9.59 Å². The molecule has 4 heteroatoms. The Morgan fingerprint density at radius 1 is 1.26 bits per heavy atom. The number of aromatic amines is 1. The van der Waals surface area contributed by atoms with Crippen molar-refractivity contribution in [1.29, 1.82) is 0 Å². The Morgan fingerprint density at radius 3 is 2.95 bits per heavy atom. The van der Waals surface area contributed by atoms with Crippen molar-refractivity contribution in [2.45, 2.75) is 12.8 Å². The minimum absolute atomic E-state index is 0.121. The van der Waals surface area contributed by atoms with Gasteiger partial charge in [-0.2, -0.15) is 0 Å². The van der Waals surface area contributed by atoms with Crippen molar-refractivity contribution >= 4 is 22.6 Å². The van der Waals surface area contributed by atoms with Crippen molar-refractivity contribution in [1.82, 2.24) is 10.3 Å². The first kappa shape index (κ1) is 11.7. The Bertz CT molecular complexity index is 682. The second kappa shape index (κ2) is 4.72. The van der Waals surface area contributed by atoms with Gasteiger partial charge in [-0.1, -0.05) is 18.2 Å². The van der Waals surface area contributed by atoms with Crippen molar-refractivity contribution in [3.05, 3.63) is 47.7 Å². The molecule has 1 aromatic carbocycles. The molecule has 1 fully saturated rings. The number of carbonyl (C=O) groups is 2. The lowest BCUT2D eigenvalue weighted by molar-refractivity contribution is -0.118. The Kier molecular flexibility index (Phi) is 2.91. The first-order valence-electron chi connectivity index (χ1n) is 6.35. The number of rotatable bonds is 2. The van der Waals surface area contributed by atoms with Crippen LogP contribution in [0.25, 0.3) is 10.9 Å². The summed E-state index contributed by atoms with van der Waals surface area (Å²) in [5.74, 6) is -0.246. The van der Waals surface area contributed by atoms with E-state index in [-0.39, 0.29) is 11.7 Å². The monoisotopic (exact) mass is 254 g/mol. The second-order valence-electron chi connectivity index (χ2n) is 4.64. The van der Waals surface area contributed by atoms with Crippen LogP contribution in [-0.2, 0) is 4.79 Å². The highest BCUT2D eigenvalue weighted by atomic mass is 16.2. The summed E-state index contributed by atoms with van der Waals surface area (Å²) in [5, 5.41) is 3.64. The van der Waals surface area contributed by atoms with E-state index in [1.807, 2.05) is 24.3 Å². The zero-order valence-electron chi connectivity index (χ0n) is 10.4. The first-order chi connectivity index (χ1) is 9.25. The van der Waals surface area contributed by atoms with Gasteiger partial charge in [0, 0.05) is 34.8 Å². The molecule has 1 amide bonds. The van der Waals surface area contributed by atoms with Crippen LogP contribution in [0.15, 0.2) is 42.1 Å². The third-order valence-corrected chi connectivity index (χ3v) is 3.36. The minimum atomic E-state index is -0.126. The molecule has 0 spiro atoms. The van der Waals surface area contributed by atoms with Gasteiger partial charge in [-0.15, -0.1) is 0 Å². The molecule has 0 atom stereocenters. The van der Waals surface area contributed by atoms with E-state index >= 15 is 0 Å². The summed E-state index contributed by atoms with van der Waals surface area (Å²) in [6, 6.07) is 7.64. The lowest BCUT2D eigenvalue weighted by Gasteiger charge is -2.14. The minimum Gasteiger partial charge on any atom is -0.360 e. The largest absolute Gasteiger partial charge is 0.360 e. The maximum Gasteiger partial charge on any atom is 0.247 e. The average molecular weight is 254 g/mol. The van der Waals surface area contributed by atoms with Crippen LogP contribution in [0, 0.1) is 0 Å².